The second kappa shape index (κ2) is 5.76. The lowest BCUT2D eigenvalue weighted by molar-refractivity contribution is -0.126. The number of nitriles is 1. The highest BCUT2D eigenvalue weighted by Gasteiger charge is 2.39. The van der Waals surface area contributed by atoms with E-state index in [0.29, 0.717) is 0 Å². The van der Waals surface area contributed by atoms with Crippen molar-refractivity contribution >= 4 is 28.6 Å². The molecule has 1 aliphatic rings. The van der Waals surface area contributed by atoms with Gasteiger partial charge in [-0.1, -0.05) is 17.7 Å². The Morgan fingerprint density at radius 3 is 2.68 bits per heavy atom. The van der Waals surface area contributed by atoms with Crippen LogP contribution in [0, 0.1) is 18.3 Å². The van der Waals surface area contributed by atoms with Crippen molar-refractivity contribution in [3.05, 3.63) is 29.8 Å². The van der Waals surface area contributed by atoms with Crippen LogP contribution in [-0.2, 0) is 4.79 Å². The van der Waals surface area contributed by atoms with Gasteiger partial charge in [0.25, 0.3) is 11.1 Å². The van der Waals surface area contributed by atoms with Crippen molar-refractivity contribution in [2.24, 2.45) is 0 Å². The van der Waals surface area contributed by atoms with Crippen molar-refractivity contribution in [2.75, 3.05) is 11.9 Å². The lowest BCUT2D eigenvalue weighted by Crippen LogP contribution is -2.34. The maximum atomic E-state index is 12.0. The summed E-state index contributed by atoms with van der Waals surface area (Å²) in [7, 11) is 0. The molecule has 1 N–H and O–H groups in total. The molecule has 1 aliphatic heterocycles. The first-order valence-corrected chi connectivity index (χ1v) is 6.72. The fraction of sp³-hybridized carbons (Fsp3) is 0.308. The van der Waals surface area contributed by atoms with E-state index in [1.54, 1.807) is 0 Å². The van der Waals surface area contributed by atoms with Gasteiger partial charge in [-0.05, 0) is 30.8 Å². The minimum Gasteiger partial charge on any atom is -0.365 e. The average Bonchev–Trinajstić information content (AvgIpc) is 2.65. The normalized spacial score (nSPS) is 18.5. The second-order valence-electron chi connectivity index (χ2n) is 4.17. The Labute approximate surface area is 115 Å². The topological polar surface area (TPSA) is 73.2 Å². The molecule has 0 bridgehead atoms. The van der Waals surface area contributed by atoms with Gasteiger partial charge in [0.15, 0.2) is 5.37 Å². The van der Waals surface area contributed by atoms with Crippen LogP contribution >= 0.6 is 11.8 Å². The summed E-state index contributed by atoms with van der Waals surface area (Å²) >= 11 is 0.948. The number of carbonyl (C=O) groups is 2. The minimum atomic E-state index is -0.603. The van der Waals surface area contributed by atoms with E-state index in [9.17, 15) is 9.59 Å². The van der Waals surface area contributed by atoms with E-state index in [1.165, 1.54) is 0 Å². The zero-order valence-electron chi connectivity index (χ0n) is 10.4. The van der Waals surface area contributed by atoms with Crippen LogP contribution in [0.3, 0.4) is 0 Å². The number of hydrogen-bond donors (Lipinski definition) is 1. The Hall–Kier alpha value is -2.00. The molecule has 1 fully saturated rings. The van der Waals surface area contributed by atoms with Crippen LogP contribution in [0.5, 0.6) is 0 Å². The van der Waals surface area contributed by atoms with Gasteiger partial charge in [-0.15, -0.1) is 0 Å². The van der Waals surface area contributed by atoms with E-state index in [0.717, 1.165) is 27.9 Å². The number of amides is 2. The van der Waals surface area contributed by atoms with Crippen LogP contribution < -0.4 is 5.32 Å². The standard InChI is InChI=1S/C13H13N3O2S/c1-9-3-5-10(6-4-9)15-11-12(17)16(8-2-7-14)13(18)19-11/h3-6,11,15H,2,8H2,1H3. The maximum absolute atomic E-state index is 12.0. The van der Waals surface area contributed by atoms with Crippen LogP contribution in [0.15, 0.2) is 24.3 Å². The largest absolute Gasteiger partial charge is 0.365 e. The minimum absolute atomic E-state index is 0.160. The quantitative estimate of drug-likeness (QED) is 0.913. The highest BCUT2D eigenvalue weighted by atomic mass is 32.2. The third kappa shape index (κ3) is 3.06. The molecule has 1 aromatic carbocycles. The van der Waals surface area contributed by atoms with Crippen LogP contribution in [0.1, 0.15) is 12.0 Å². The van der Waals surface area contributed by atoms with Crippen molar-refractivity contribution in [1.82, 2.24) is 4.90 Å². The summed E-state index contributed by atoms with van der Waals surface area (Å²) < 4.78 is 0. The molecule has 5 nitrogen and oxygen atoms in total. The summed E-state index contributed by atoms with van der Waals surface area (Å²) in [5.41, 5.74) is 1.93. The first-order valence-electron chi connectivity index (χ1n) is 5.84. The Morgan fingerprint density at radius 1 is 1.37 bits per heavy atom. The number of nitrogens with zero attached hydrogens (tertiary/aromatic N) is 2. The molecule has 0 spiro atoms. The molecule has 1 saturated heterocycles. The number of carbonyl (C=O) groups excluding carboxylic acids is 2. The number of thioether (sulfide) groups is 1. The SMILES string of the molecule is Cc1ccc(NC2SC(=O)N(CCC#N)C2=O)cc1. The molecule has 0 aromatic heterocycles. The molecule has 19 heavy (non-hydrogen) atoms. The van der Waals surface area contributed by atoms with Gasteiger partial charge in [0, 0.05) is 12.2 Å². The van der Waals surface area contributed by atoms with Gasteiger partial charge in [-0.2, -0.15) is 5.26 Å². The van der Waals surface area contributed by atoms with E-state index in [4.69, 9.17) is 5.26 Å². The predicted octanol–water partition coefficient (Wildman–Crippen LogP) is 2.34. The molecule has 1 aromatic rings. The smallest absolute Gasteiger partial charge is 0.290 e. The molecule has 1 unspecified atom stereocenters. The van der Waals surface area contributed by atoms with E-state index in [1.807, 2.05) is 37.3 Å². The summed E-state index contributed by atoms with van der Waals surface area (Å²) in [5.74, 6) is -0.286. The molecule has 1 heterocycles. The van der Waals surface area contributed by atoms with Gasteiger partial charge >= 0.3 is 0 Å². The Morgan fingerprint density at radius 2 is 2.05 bits per heavy atom. The van der Waals surface area contributed by atoms with Crippen molar-refractivity contribution in [1.29, 1.82) is 5.26 Å². The van der Waals surface area contributed by atoms with Gasteiger partial charge in [0.1, 0.15) is 0 Å². The second-order valence-corrected chi connectivity index (χ2v) is 5.23. The molecule has 0 aliphatic carbocycles. The first kappa shape index (κ1) is 13.4. The maximum Gasteiger partial charge on any atom is 0.290 e. The van der Waals surface area contributed by atoms with Crippen LogP contribution in [-0.4, -0.2) is 28.0 Å². The highest BCUT2D eigenvalue weighted by Crippen LogP contribution is 2.28. The number of nitrogens with one attached hydrogen (secondary N) is 1. The van der Waals surface area contributed by atoms with Crippen LogP contribution in [0.2, 0.25) is 0 Å². The van der Waals surface area contributed by atoms with Crippen LogP contribution in [0.25, 0.3) is 0 Å². The fourth-order valence-electron chi connectivity index (χ4n) is 1.70. The number of anilines is 1. The fourth-order valence-corrected chi connectivity index (χ4v) is 2.64. The Bertz CT molecular complexity index is 536. The molecule has 2 rings (SSSR count). The lowest BCUT2D eigenvalue weighted by Gasteiger charge is -2.13. The molecule has 98 valence electrons. The van der Waals surface area contributed by atoms with E-state index in [2.05, 4.69) is 5.32 Å². The summed E-state index contributed by atoms with van der Waals surface area (Å²) in [4.78, 5) is 24.8. The predicted molar refractivity (Wildman–Crippen MR) is 73.5 cm³/mol. The summed E-state index contributed by atoms with van der Waals surface area (Å²) in [6.07, 6.45) is 0.162. The van der Waals surface area contributed by atoms with Gasteiger partial charge in [-0.25, -0.2) is 0 Å². The number of imide groups is 1. The molecule has 2 amide bonds. The van der Waals surface area contributed by atoms with E-state index in [-0.39, 0.29) is 24.1 Å². The third-order valence-electron chi connectivity index (χ3n) is 2.73. The van der Waals surface area contributed by atoms with Gasteiger partial charge in [0.2, 0.25) is 0 Å². The van der Waals surface area contributed by atoms with Gasteiger partial charge in [-0.3, -0.25) is 14.5 Å². The number of hydrogen-bond acceptors (Lipinski definition) is 5. The average molecular weight is 275 g/mol. The van der Waals surface area contributed by atoms with Crippen LogP contribution in [0.4, 0.5) is 10.5 Å². The summed E-state index contributed by atoms with van der Waals surface area (Å²) in [6, 6.07) is 9.53. The highest BCUT2D eigenvalue weighted by molar-refractivity contribution is 8.15. The summed E-state index contributed by atoms with van der Waals surface area (Å²) in [6.45, 7) is 2.14. The molecule has 1 atom stereocenters. The number of aryl methyl sites for hydroxylation is 1. The molecular formula is C13H13N3O2S. The monoisotopic (exact) mass is 275 g/mol. The molecule has 6 heteroatoms. The Balaban J connectivity index is 2.03. The molecule has 0 radical (unpaired) electrons. The third-order valence-corrected chi connectivity index (χ3v) is 3.70. The van der Waals surface area contributed by atoms with E-state index >= 15 is 0 Å². The number of rotatable bonds is 4. The zero-order valence-corrected chi connectivity index (χ0v) is 11.2. The van der Waals surface area contributed by atoms with E-state index < -0.39 is 5.37 Å². The molecule has 0 saturated carbocycles. The van der Waals surface area contributed by atoms with Crippen molar-refractivity contribution in [2.45, 2.75) is 18.7 Å². The lowest BCUT2D eigenvalue weighted by atomic mass is 10.2. The Kier molecular flexibility index (Phi) is 4.07. The van der Waals surface area contributed by atoms with Gasteiger partial charge < -0.3 is 5.32 Å². The summed E-state index contributed by atoms with van der Waals surface area (Å²) in [5, 5.41) is 10.6. The first-order chi connectivity index (χ1) is 9.11. The van der Waals surface area contributed by atoms with Crippen molar-refractivity contribution < 1.29 is 9.59 Å². The molecular weight excluding hydrogens is 262 g/mol. The van der Waals surface area contributed by atoms with Crippen molar-refractivity contribution in [3.63, 3.8) is 0 Å². The van der Waals surface area contributed by atoms with Gasteiger partial charge in [0.05, 0.1) is 12.5 Å². The van der Waals surface area contributed by atoms with Crippen molar-refractivity contribution in [3.8, 4) is 6.07 Å². The zero-order chi connectivity index (χ0) is 13.8. The number of benzene rings is 1.